The molecule has 2 rings (SSSR count). The van der Waals surface area contributed by atoms with Gasteiger partial charge in [0, 0.05) is 25.5 Å². The maximum atomic E-state index is 11.0. The molecule has 0 heterocycles. The molecule has 0 atom stereocenters. The number of carbonyl (C=O) groups is 1. The SMILES string of the molecule is CN(C)c1cccc(Nc2cc(C(=O)O)ccc2Cl)c1. The van der Waals surface area contributed by atoms with Gasteiger partial charge in [-0.3, -0.25) is 0 Å². The summed E-state index contributed by atoms with van der Waals surface area (Å²) in [5.41, 5.74) is 2.66. The van der Waals surface area contributed by atoms with E-state index in [4.69, 9.17) is 16.7 Å². The Morgan fingerprint density at radius 1 is 1.20 bits per heavy atom. The van der Waals surface area contributed by atoms with Crippen molar-refractivity contribution >= 4 is 34.6 Å². The summed E-state index contributed by atoms with van der Waals surface area (Å²) < 4.78 is 0. The Bertz CT molecular complexity index is 642. The molecule has 0 aliphatic heterocycles. The normalized spacial score (nSPS) is 10.2. The number of benzene rings is 2. The number of nitrogens with zero attached hydrogens (tertiary/aromatic N) is 1. The van der Waals surface area contributed by atoms with Crippen LogP contribution in [0.2, 0.25) is 5.02 Å². The van der Waals surface area contributed by atoms with Gasteiger partial charge in [0.1, 0.15) is 0 Å². The van der Waals surface area contributed by atoms with Crippen molar-refractivity contribution in [2.75, 3.05) is 24.3 Å². The lowest BCUT2D eigenvalue weighted by Gasteiger charge is -2.15. The van der Waals surface area contributed by atoms with Gasteiger partial charge < -0.3 is 15.3 Å². The highest BCUT2D eigenvalue weighted by atomic mass is 35.5. The standard InChI is InChI=1S/C15H15ClN2O2/c1-18(2)12-5-3-4-11(9-12)17-14-8-10(15(19)20)6-7-13(14)16/h3-9,17H,1-2H3,(H,19,20). The number of halogens is 1. The molecule has 2 aromatic rings. The number of carboxylic acids is 1. The number of anilines is 3. The summed E-state index contributed by atoms with van der Waals surface area (Å²) in [4.78, 5) is 13.0. The molecule has 5 heteroatoms. The lowest BCUT2D eigenvalue weighted by Crippen LogP contribution is -2.08. The molecule has 0 saturated heterocycles. The van der Waals surface area contributed by atoms with Crippen LogP contribution in [0.25, 0.3) is 0 Å². The van der Waals surface area contributed by atoms with E-state index in [0.29, 0.717) is 10.7 Å². The predicted octanol–water partition coefficient (Wildman–Crippen LogP) is 3.85. The van der Waals surface area contributed by atoms with Crippen molar-refractivity contribution < 1.29 is 9.90 Å². The van der Waals surface area contributed by atoms with Gasteiger partial charge in [-0.1, -0.05) is 17.7 Å². The molecule has 104 valence electrons. The summed E-state index contributed by atoms with van der Waals surface area (Å²) in [5.74, 6) is -0.980. The summed E-state index contributed by atoms with van der Waals surface area (Å²) in [6, 6.07) is 12.3. The molecule has 4 nitrogen and oxygen atoms in total. The monoisotopic (exact) mass is 290 g/mol. The third kappa shape index (κ3) is 3.22. The van der Waals surface area contributed by atoms with Gasteiger partial charge in [0.25, 0.3) is 0 Å². The van der Waals surface area contributed by atoms with Gasteiger partial charge in [0.15, 0.2) is 0 Å². The van der Waals surface area contributed by atoms with Crippen LogP contribution < -0.4 is 10.2 Å². The van der Waals surface area contributed by atoms with E-state index in [9.17, 15) is 4.79 Å². The Morgan fingerprint density at radius 2 is 1.95 bits per heavy atom. The van der Waals surface area contributed by atoms with Gasteiger partial charge in [0.05, 0.1) is 16.3 Å². The Hall–Kier alpha value is -2.20. The topological polar surface area (TPSA) is 52.6 Å². The van der Waals surface area contributed by atoms with Crippen LogP contribution >= 0.6 is 11.6 Å². The van der Waals surface area contributed by atoms with Crippen LogP contribution in [0.15, 0.2) is 42.5 Å². The van der Waals surface area contributed by atoms with Crippen molar-refractivity contribution in [3.8, 4) is 0 Å². The highest BCUT2D eigenvalue weighted by Gasteiger charge is 2.08. The Morgan fingerprint density at radius 3 is 2.60 bits per heavy atom. The molecule has 0 spiro atoms. The van der Waals surface area contributed by atoms with Crippen molar-refractivity contribution in [2.45, 2.75) is 0 Å². The van der Waals surface area contributed by atoms with Gasteiger partial charge in [-0.05, 0) is 36.4 Å². The van der Waals surface area contributed by atoms with Crippen LogP contribution in [0.1, 0.15) is 10.4 Å². The number of carboxylic acid groups (broad SMARTS) is 1. The summed E-state index contributed by atoms with van der Waals surface area (Å²) in [5, 5.41) is 12.6. The lowest BCUT2D eigenvalue weighted by atomic mass is 10.2. The Balaban J connectivity index is 2.32. The van der Waals surface area contributed by atoms with Gasteiger partial charge in [-0.25, -0.2) is 4.79 Å². The summed E-state index contributed by atoms with van der Waals surface area (Å²) in [6.45, 7) is 0. The van der Waals surface area contributed by atoms with Gasteiger partial charge in [-0.15, -0.1) is 0 Å². The van der Waals surface area contributed by atoms with Gasteiger partial charge in [-0.2, -0.15) is 0 Å². The molecule has 0 saturated carbocycles. The fraction of sp³-hybridized carbons (Fsp3) is 0.133. The van der Waals surface area contributed by atoms with Crippen molar-refractivity contribution in [1.82, 2.24) is 0 Å². The molecule has 0 fully saturated rings. The molecule has 20 heavy (non-hydrogen) atoms. The van der Waals surface area contributed by atoms with Crippen molar-refractivity contribution in [3.63, 3.8) is 0 Å². The Kier molecular flexibility index (Phi) is 4.15. The molecule has 0 bridgehead atoms. The van der Waals surface area contributed by atoms with Crippen LogP contribution in [-0.4, -0.2) is 25.2 Å². The lowest BCUT2D eigenvalue weighted by molar-refractivity contribution is 0.0697. The molecule has 0 aromatic heterocycles. The molecule has 0 unspecified atom stereocenters. The summed E-state index contributed by atoms with van der Waals surface area (Å²) >= 11 is 6.09. The van der Waals surface area contributed by atoms with Crippen LogP contribution in [0.4, 0.5) is 17.1 Å². The molecule has 0 aliphatic carbocycles. The van der Waals surface area contributed by atoms with Gasteiger partial charge >= 0.3 is 5.97 Å². The molecular weight excluding hydrogens is 276 g/mol. The molecule has 2 aromatic carbocycles. The number of hydrogen-bond donors (Lipinski definition) is 2. The maximum Gasteiger partial charge on any atom is 0.335 e. The fourth-order valence-corrected chi connectivity index (χ4v) is 1.94. The minimum absolute atomic E-state index is 0.195. The highest BCUT2D eigenvalue weighted by molar-refractivity contribution is 6.33. The zero-order chi connectivity index (χ0) is 14.7. The third-order valence-corrected chi connectivity index (χ3v) is 3.18. The summed E-state index contributed by atoms with van der Waals surface area (Å²) in [7, 11) is 3.91. The van der Waals surface area contributed by atoms with Gasteiger partial charge in [0.2, 0.25) is 0 Å². The summed E-state index contributed by atoms with van der Waals surface area (Å²) in [6.07, 6.45) is 0. The first-order valence-electron chi connectivity index (χ1n) is 6.04. The second-order valence-electron chi connectivity index (χ2n) is 4.57. The first-order valence-corrected chi connectivity index (χ1v) is 6.42. The maximum absolute atomic E-state index is 11.0. The van der Waals surface area contributed by atoms with Crippen LogP contribution in [0.3, 0.4) is 0 Å². The van der Waals surface area contributed by atoms with E-state index in [1.54, 1.807) is 6.07 Å². The molecule has 2 N–H and O–H groups in total. The predicted molar refractivity (Wildman–Crippen MR) is 82.5 cm³/mol. The third-order valence-electron chi connectivity index (χ3n) is 2.85. The average Bonchev–Trinajstić information content (AvgIpc) is 2.41. The van der Waals surface area contributed by atoms with Crippen molar-refractivity contribution in [1.29, 1.82) is 0 Å². The average molecular weight is 291 g/mol. The first-order chi connectivity index (χ1) is 9.47. The highest BCUT2D eigenvalue weighted by Crippen LogP contribution is 2.28. The molecule has 0 amide bonds. The largest absolute Gasteiger partial charge is 0.478 e. The number of nitrogens with one attached hydrogen (secondary N) is 1. The minimum Gasteiger partial charge on any atom is -0.478 e. The van der Waals surface area contributed by atoms with Crippen LogP contribution in [-0.2, 0) is 0 Å². The second kappa shape index (κ2) is 5.84. The van der Waals surface area contributed by atoms with E-state index in [1.165, 1.54) is 12.1 Å². The minimum atomic E-state index is -0.980. The molecular formula is C15H15ClN2O2. The number of rotatable bonds is 4. The second-order valence-corrected chi connectivity index (χ2v) is 4.98. The first kappa shape index (κ1) is 14.2. The quantitative estimate of drug-likeness (QED) is 0.898. The Labute approximate surface area is 122 Å². The molecule has 0 radical (unpaired) electrons. The van der Waals surface area contributed by atoms with Crippen LogP contribution in [0.5, 0.6) is 0 Å². The van der Waals surface area contributed by atoms with E-state index in [-0.39, 0.29) is 5.56 Å². The van der Waals surface area contributed by atoms with E-state index >= 15 is 0 Å². The number of aromatic carboxylic acids is 1. The van der Waals surface area contributed by atoms with E-state index in [1.807, 2.05) is 43.3 Å². The zero-order valence-electron chi connectivity index (χ0n) is 11.2. The smallest absolute Gasteiger partial charge is 0.335 e. The zero-order valence-corrected chi connectivity index (χ0v) is 12.0. The van der Waals surface area contributed by atoms with Crippen LogP contribution in [0, 0.1) is 0 Å². The molecule has 0 aliphatic rings. The van der Waals surface area contributed by atoms with Crippen molar-refractivity contribution in [3.05, 3.63) is 53.1 Å². The fourth-order valence-electron chi connectivity index (χ4n) is 1.77. The van der Waals surface area contributed by atoms with E-state index in [2.05, 4.69) is 5.32 Å². The van der Waals surface area contributed by atoms with E-state index in [0.717, 1.165) is 11.4 Å². The van der Waals surface area contributed by atoms with E-state index < -0.39 is 5.97 Å². The van der Waals surface area contributed by atoms with Crippen molar-refractivity contribution in [2.24, 2.45) is 0 Å². The number of hydrogen-bond acceptors (Lipinski definition) is 3.